The maximum atomic E-state index is 11.7. The van der Waals surface area contributed by atoms with Gasteiger partial charge < -0.3 is 14.5 Å². The van der Waals surface area contributed by atoms with E-state index in [0.29, 0.717) is 0 Å². The van der Waals surface area contributed by atoms with Gasteiger partial charge in [0.15, 0.2) is 5.78 Å². The number of allylic oxidation sites excluding steroid dienone is 2. The molecule has 1 N–H and O–H groups in total. The average molecular weight is 787 g/mol. The van der Waals surface area contributed by atoms with Gasteiger partial charge in [-0.2, -0.15) is 0 Å². The van der Waals surface area contributed by atoms with Crippen molar-refractivity contribution in [1.29, 1.82) is 0 Å². The Hall–Kier alpha value is -2.75. The Morgan fingerprint density at radius 3 is 2.07 bits per heavy atom. The predicted molar refractivity (Wildman–Crippen MR) is 184 cm³/mol. The van der Waals surface area contributed by atoms with E-state index in [1.165, 1.54) is 51.9 Å². The van der Waals surface area contributed by atoms with Crippen molar-refractivity contribution < 1.29 is 34.4 Å². The summed E-state index contributed by atoms with van der Waals surface area (Å²) in [4.78, 5) is 16.4. The number of hydrogen-bond donors (Lipinski definition) is 1. The van der Waals surface area contributed by atoms with Gasteiger partial charge in [-0.1, -0.05) is 55.4 Å². The topological polar surface area (TPSA) is 63.3 Å². The molecule has 0 aliphatic heterocycles. The smallest absolute Gasteiger partial charge is 0.162 e. The average Bonchev–Trinajstić information content (AvgIpc) is 3.39. The molecule has 0 saturated heterocycles. The summed E-state index contributed by atoms with van der Waals surface area (Å²) in [6.07, 6.45) is 9.21. The number of pyridine rings is 1. The number of hydrogen-bond acceptors (Lipinski definition) is 4. The molecule has 0 fully saturated rings. The summed E-state index contributed by atoms with van der Waals surface area (Å²) in [5.74, 6) is 0.547. The van der Waals surface area contributed by atoms with Crippen molar-refractivity contribution in [2.24, 2.45) is 11.8 Å². The summed E-state index contributed by atoms with van der Waals surface area (Å²) in [7, 11) is 0. The fraction of sp³-hybridized carbons (Fsp3) is 0.500. The zero-order chi connectivity index (χ0) is 32.4. The molecule has 0 atom stereocenters. The first-order valence-corrected chi connectivity index (χ1v) is 16.6. The minimum absolute atomic E-state index is 0. The van der Waals surface area contributed by atoms with Crippen LogP contribution in [0, 0.1) is 31.7 Å². The summed E-state index contributed by atoms with van der Waals surface area (Å²) < 4.78 is 6.59. The normalized spacial score (nSPS) is 15.5. The molecular formula is C40H52IrNO3-. The van der Waals surface area contributed by atoms with E-state index in [-0.39, 0.29) is 54.3 Å². The number of fused-ring (bicyclic) bond motifs is 5. The van der Waals surface area contributed by atoms with Crippen molar-refractivity contribution >= 4 is 27.7 Å². The first-order valence-electron chi connectivity index (χ1n) is 16.6. The summed E-state index contributed by atoms with van der Waals surface area (Å²) in [6, 6.07) is 13.4. The van der Waals surface area contributed by atoms with E-state index in [9.17, 15) is 9.90 Å². The summed E-state index contributed by atoms with van der Waals surface area (Å²) in [6.45, 7) is 22.1. The van der Waals surface area contributed by atoms with Crippen LogP contribution in [0.1, 0.15) is 116 Å². The van der Waals surface area contributed by atoms with Crippen LogP contribution < -0.4 is 0 Å². The van der Waals surface area contributed by atoms with E-state index in [0.717, 1.165) is 48.1 Å². The standard InChI is InChI=1S/C27H28NO.C13H24O2.Ir/c1-16-17(2)24-20(22-21(16)26(3,4)13-14-27(22,5)6)19-12-15-28-23(25(19)29-24)18-10-8-7-9-11-18;1-5-10(6-2)12(14)9-13(15)11(7-3)8-4;/h7-10,12,15H,13-14H2,1-6H3;9-11,14H,5-8H2,1-4H3;/q-1;;/b;12-9-;. The number of benzene rings is 2. The second-order valence-electron chi connectivity index (χ2n) is 13.9. The van der Waals surface area contributed by atoms with Crippen molar-refractivity contribution in [1.82, 2.24) is 4.98 Å². The van der Waals surface area contributed by atoms with Gasteiger partial charge in [0.25, 0.3) is 0 Å². The number of aromatic nitrogens is 1. The Morgan fingerprint density at radius 1 is 0.911 bits per heavy atom. The molecular weight excluding hydrogens is 735 g/mol. The third-order valence-corrected chi connectivity index (χ3v) is 10.2. The first kappa shape index (κ1) is 36.7. The first-order chi connectivity index (χ1) is 20.8. The number of ketones is 1. The van der Waals surface area contributed by atoms with Crippen LogP contribution in [0.4, 0.5) is 0 Å². The fourth-order valence-corrected chi connectivity index (χ4v) is 7.12. The molecule has 1 aliphatic carbocycles. The van der Waals surface area contributed by atoms with Crippen LogP contribution in [0.25, 0.3) is 33.2 Å². The van der Waals surface area contributed by atoms with Crippen LogP contribution in [-0.2, 0) is 35.7 Å². The molecule has 0 unspecified atom stereocenters. The van der Waals surface area contributed by atoms with E-state index in [4.69, 9.17) is 4.42 Å². The Bertz CT molecular complexity index is 1650. The van der Waals surface area contributed by atoms with Gasteiger partial charge in [-0.15, -0.1) is 35.9 Å². The molecule has 2 aromatic carbocycles. The van der Waals surface area contributed by atoms with Gasteiger partial charge in [0.2, 0.25) is 0 Å². The Labute approximate surface area is 284 Å². The van der Waals surface area contributed by atoms with Gasteiger partial charge in [0.05, 0.1) is 5.76 Å². The number of nitrogens with zero attached hydrogens (tertiary/aromatic N) is 1. The number of furan rings is 1. The van der Waals surface area contributed by atoms with E-state index < -0.39 is 0 Å². The maximum absolute atomic E-state index is 11.7. The monoisotopic (exact) mass is 787 g/mol. The molecule has 1 aliphatic rings. The Balaban J connectivity index is 0.000000297. The molecule has 0 spiro atoms. The zero-order valence-corrected chi connectivity index (χ0v) is 31.4. The number of aryl methyl sites for hydroxylation is 1. The molecule has 4 aromatic rings. The van der Waals surface area contributed by atoms with E-state index in [1.807, 2.05) is 52.1 Å². The van der Waals surface area contributed by atoms with Crippen LogP contribution >= 0.6 is 0 Å². The van der Waals surface area contributed by atoms with Crippen molar-refractivity contribution in [2.45, 2.75) is 119 Å². The number of aliphatic hydroxyl groups excluding tert-OH is 1. The van der Waals surface area contributed by atoms with Gasteiger partial charge in [-0.3, -0.25) is 4.79 Å². The summed E-state index contributed by atoms with van der Waals surface area (Å²) >= 11 is 0. The molecule has 2 aromatic heterocycles. The second kappa shape index (κ2) is 14.8. The minimum atomic E-state index is 0. The van der Waals surface area contributed by atoms with Crippen LogP contribution in [0.15, 0.2) is 52.8 Å². The van der Waals surface area contributed by atoms with Gasteiger partial charge in [-0.25, -0.2) is 0 Å². The van der Waals surface area contributed by atoms with E-state index in [1.54, 1.807) is 0 Å². The van der Waals surface area contributed by atoms with Crippen LogP contribution in [-0.4, -0.2) is 15.9 Å². The van der Waals surface area contributed by atoms with Gasteiger partial charge >= 0.3 is 0 Å². The predicted octanol–water partition coefficient (Wildman–Crippen LogP) is 11.3. The van der Waals surface area contributed by atoms with E-state index >= 15 is 0 Å². The zero-order valence-electron chi connectivity index (χ0n) is 29.0. The quantitative estimate of drug-likeness (QED) is 0.110. The Morgan fingerprint density at radius 2 is 1.51 bits per heavy atom. The van der Waals surface area contributed by atoms with Gasteiger partial charge in [0, 0.05) is 60.7 Å². The molecule has 245 valence electrons. The second-order valence-corrected chi connectivity index (χ2v) is 13.9. The summed E-state index contributed by atoms with van der Waals surface area (Å²) in [5, 5.41) is 12.2. The third-order valence-electron chi connectivity index (χ3n) is 10.2. The van der Waals surface area contributed by atoms with Crippen molar-refractivity contribution in [3.63, 3.8) is 0 Å². The molecule has 0 amide bonds. The molecule has 0 bridgehead atoms. The van der Waals surface area contributed by atoms with Gasteiger partial charge in [0.1, 0.15) is 11.2 Å². The molecule has 0 saturated carbocycles. The number of carbonyl (C=O) groups is 1. The van der Waals surface area contributed by atoms with E-state index in [2.05, 4.69) is 64.7 Å². The molecule has 5 heteroatoms. The minimum Gasteiger partial charge on any atom is -0.512 e. The van der Waals surface area contributed by atoms with Crippen molar-refractivity contribution in [2.75, 3.05) is 0 Å². The van der Waals surface area contributed by atoms with Crippen LogP contribution in [0.3, 0.4) is 0 Å². The maximum Gasteiger partial charge on any atom is 0.162 e. The van der Waals surface area contributed by atoms with Crippen LogP contribution in [0.5, 0.6) is 0 Å². The fourth-order valence-electron chi connectivity index (χ4n) is 7.12. The van der Waals surface area contributed by atoms with Crippen molar-refractivity contribution in [3.05, 3.63) is 76.7 Å². The molecule has 2 heterocycles. The van der Waals surface area contributed by atoms with Crippen molar-refractivity contribution in [3.8, 4) is 11.3 Å². The number of rotatable bonds is 8. The molecule has 4 nitrogen and oxygen atoms in total. The molecule has 45 heavy (non-hydrogen) atoms. The largest absolute Gasteiger partial charge is 0.512 e. The third kappa shape index (κ3) is 7.15. The number of carbonyl (C=O) groups excluding carboxylic acids is 1. The van der Waals surface area contributed by atoms with Gasteiger partial charge in [-0.05, 0) is 91.5 Å². The number of aliphatic hydroxyl groups is 1. The van der Waals surface area contributed by atoms with Crippen LogP contribution in [0.2, 0.25) is 0 Å². The molecule has 5 rings (SSSR count). The molecule has 1 radical (unpaired) electrons. The Kier molecular flexibility index (Phi) is 12.1. The summed E-state index contributed by atoms with van der Waals surface area (Å²) in [5.41, 5.74) is 9.64. The SMILES string of the molecule is CCC(CC)C(=O)/C=C(\O)C(CC)CC.Cc1c2c(c3c(oc4c(-c5[c-]cccc5)nccc43)c1C)C(C)(C)CCC2(C)C.[Ir].